The summed E-state index contributed by atoms with van der Waals surface area (Å²) in [5.41, 5.74) is 5.93. The van der Waals surface area contributed by atoms with Crippen molar-refractivity contribution in [2.45, 2.75) is 26.2 Å². The molecule has 1 aromatic rings. The topological polar surface area (TPSA) is 72.6 Å². The van der Waals surface area contributed by atoms with Gasteiger partial charge in [-0.25, -0.2) is 0 Å². The van der Waals surface area contributed by atoms with E-state index in [-0.39, 0.29) is 24.2 Å². The molecule has 1 aliphatic rings. The van der Waals surface area contributed by atoms with Crippen LogP contribution in [0.3, 0.4) is 0 Å². The van der Waals surface area contributed by atoms with Gasteiger partial charge in [0.1, 0.15) is 5.75 Å². The summed E-state index contributed by atoms with van der Waals surface area (Å²) in [6.07, 6.45) is 2.52. The van der Waals surface area contributed by atoms with E-state index in [1.807, 2.05) is 29.2 Å². The number of ether oxygens (including phenoxy) is 1. The van der Waals surface area contributed by atoms with Crippen molar-refractivity contribution in [2.75, 3.05) is 26.2 Å². The first-order valence-corrected chi connectivity index (χ1v) is 7.88. The molecule has 2 N–H and O–H groups in total. The van der Waals surface area contributed by atoms with Crippen LogP contribution in [-0.2, 0) is 4.79 Å². The van der Waals surface area contributed by atoms with Crippen LogP contribution in [0.2, 0.25) is 0 Å². The molecule has 0 aromatic heterocycles. The van der Waals surface area contributed by atoms with Gasteiger partial charge in [0.05, 0.1) is 13.2 Å². The second-order valence-electron chi connectivity index (χ2n) is 5.75. The number of carbonyl (C=O) groups is 2. The highest BCUT2D eigenvalue weighted by Gasteiger charge is 2.26. The smallest absolute Gasteiger partial charge is 0.231 e. The molecule has 0 aliphatic carbocycles. The van der Waals surface area contributed by atoms with E-state index in [4.69, 9.17) is 10.5 Å². The molecule has 1 aromatic carbocycles. The number of rotatable bonds is 7. The quantitative estimate of drug-likeness (QED) is 0.780. The minimum absolute atomic E-state index is 0.0338. The Kier molecular flexibility index (Phi) is 5.95. The summed E-state index contributed by atoms with van der Waals surface area (Å²) in [5.74, 6) is 0.703. The minimum Gasteiger partial charge on any atom is -0.494 e. The molecule has 0 atom stereocenters. The number of benzene rings is 1. The molecule has 0 radical (unpaired) electrons. The van der Waals surface area contributed by atoms with Crippen molar-refractivity contribution in [1.82, 2.24) is 4.90 Å². The van der Waals surface area contributed by atoms with Crippen LogP contribution in [0, 0.1) is 5.92 Å². The summed E-state index contributed by atoms with van der Waals surface area (Å²) in [6.45, 7) is 4.52. The molecule has 1 saturated heterocycles. The number of carbonyl (C=O) groups excluding carboxylic acids is 2. The van der Waals surface area contributed by atoms with E-state index in [0.717, 1.165) is 43.7 Å². The Bertz CT molecular complexity index is 505. The third-order valence-electron chi connectivity index (χ3n) is 3.95. The largest absolute Gasteiger partial charge is 0.494 e. The second-order valence-corrected chi connectivity index (χ2v) is 5.75. The van der Waals surface area contributed by atoms with E-state index < -0.39 is 0 Å². The van der Waals surface area contributed by atoms with E-state index >= 15 is 0 Å². The Labute approximate surface area is 131 Å². The Morgan fingerprint density at radius 2 is 1.86 bits per heavy atom. The molecule has 1 fully saturated rings. The SMILES string of the molecule is CCCOc1ccc(C(=O)C2CCN(CC(N)=O)CC2)cc1. The van der Waals surface area contributed by atoms with Crippen LogP contribution in [0.1, 0.15) is 36.5 Å². The van der Waals surface area contributed by atoms with Crippen LogP contribution in [0.5, 0.6) is 5.75 Å². The van der Waals surface area contributed by atoms with Crippen molar-refractivity contribution in [3.05, 3.63) is 29.8 Å². The molecular formula is C17H24N2O3. The average molecular weight is 304 g/mol. The summed E-state index contributed by atoms with van der Waals surface area (Å²) in [5, 5.41) is 0. The predicted octanol–water partition coefficient (Wildman–Crippen LogP) is 1.86. The van der Waals surface area contributed by atoms with E-state index in [2.05, 4.69) is 6.92 Å². The van der Waals surface area contributed by atoms with E-state index in [1.54, 1.807) is 0 Å². The van der Waals surface area contributed by atoms with Gasteiger partial charge in [0.25, 0.3) is 0 Å². The lowest BCUT2D eigenvalue weighted by Crippen LogP contribution is -2.41. The Morgan fingerprint density at radius 3 is 2.41 bits per heavy atom. The Morgan fingerprint density at radius 1 is 1.23 bits per heavy atom. The maximum Gasteiger partial charge on any atom is 0.231 e. The molecule has 5 nitrogen and oxygen atoms in total. The number of hydrogen-bond acceptors (Lipinski definition) is 4. The molecule has 1 aliphatic heterocycles. The highest BCUT2D eigenvalue weighted by molar-refractivity contribution is 5.98. The fourth-order valence-electron chi connectivity index (χ4n) is 2.74. The third kappa shape index (κ3) is 4.56. The Balaban J connectivity index is 1.88. The van der Waals surface area contributed by atoms with Gasteiger partial charge in [0.2, 0.25) is 5.91 Å². The van der Waals surface area contributed by atoms with Crippen molar-refractivity contribution in [3.63, 3.8) is 0 Å². The second kappa shape index (κ2) is 7.94. The molecule has 22 heavy (non-hydrogen) atoms. The van der Waals surface area contributed by atoms with Gasteiger partial charge >= 0.3 is 0 Å². The highest BCUT2D eigenvalue weighted by Crippen LogP contribution is 2.23. The number of hydrogen-bond donors (Lipinski definition) is 1. The molecule has 1 heterocycles. The van der Waals surface area contributed by atoms with Crippen LogP contribution >= 0.6 is 0 Å². The first kappa shape index (κ1) is 16.5. The van der Waals surface area contributed by atoms with Crippen molar-refractivity contribution in [2.24, 2.45) is 11.7 Å². The highest BCUT2D eigenvalue weighted by atomic mass is 16.5. The number of nitrogens with zero attached hydrogens (tertiary/aromatic N) is 1. The standard InChI is InChI=1S/C17H24N2O3/c1-2-11-22-15-5-3-13(4-6-15)17(21)14-7-9-19(10-8-14)12-16(18)20/h3-6,14H,2,7-12H2,1H3,(H2,18,20). The van der Waals surface area contributed by atoms with Gasteiger partial charge in [-0.3, -0.25) is 14.5 Å². The van der Waals surface area contributed by atoms with Gasteiger partial charge in [0.15, 0.2) is 5.78 Å². The summed E-state index contributed by atoms with van der Waals surface area (Å²) in [7, 11) is 0. The molecule has 1 amide bonds. The molecule has 0 bridgehead atoms. The first-order valence-electron chi connectivity index (χ1n) is 7.88. The van der Waals surface area contributed by atoms with Gasteiger partial charge in [-0.15, -0.1) is 0 Å². The van der Waals surface area contributed by atoms with Crippen LogP contribution < -0.4 is 10.5 Å². The van der Waals surface area contributed by atoms with Crippen molar-refractivity contribution < 1.29 is 14.3 Å². The van der Waals surface area contributed by atoms with Gasteiger partial charge in [0, 0.05) is 11.5 Å². The zero-order valence-corrected chi connectivity index (χ0v) is 13.1. The fraction of sp³-hybridized carbons (Fsp3) is 0.529. The summed E-state index contributed by atoms with van der Waals surface area (Å²) in [4.78, 5) is 25.4. The van der Waals surface area contributed by atoms with E-state index in [0.29, 0.717) is 6.61 Å². The number of ketones is 1. The zero-order valence-electron chi connectivity index (χ0n) is 13.1. The zero-order chi connectivity index (χ0) is 15.9. The monoisotopic (exact) mass is 304 g/mol. The van der Waals surface area contributed by atoms with Crippen LogP contribution in [0.15, 0.2) is 24.3 Å². The van der Waals surface area contributed by atoms with Crippen LogP contribution in [-0.4, -0.2) is 42.8 Å². The molecular weight excluding hydrogens is 280 g/mol. The van der Waals surface area contributed by atoms with Gasteiger partial charge in [-0.1, -0.05) is 6.92 Å². The van der Waals surface area contributed by atoms with Gasteiger partial charge < -0.3 is 10.5 Å². The van der Waals surface area contributed by atoms with Gasteiger partial charge in [-0.2, -0.15) is 0 Å². The number of piperidine rings is 1. The van der Waals surface area contributed by atoms with Crippen molar-refractivity contribution >= 4 is 11.7 Å². The number of likely N-dealkylation sites (tertiary alicyclic amines) is 1. The lowest BCUT2D eigenvalue weighted by Gasteiger charge is -2.30. The maximum absolute atomic E-state index is 12.5. The molecule has 5 heteroatoms. The lowest BCUT2D eigenvalue weighted by atomic mass is 9.89. The third-order valence-corrected chi connectivity index (χ3v) is 3.95. The molecule has 0 saturated carbocycles. The number of primary amides is 1. The van der Waals surface area contributed by atoms with E-state index in [9.17, 15) is 9.59 Å². The fourth-order valence-corrected chi connectivity index (χ4v) is 2.74. The predicted molar refractivity (Wildman–Crippen MR) is 84.9 cm³/mol. The van der Waals surface area contributed by atoms with Gasteiger partial charge in [-0.05, 0) is 56.6 Å². The first-order chi connectivity index (χ1) is 10.6. The molecule has 2 rings (SSSR count). The maximum atomic E-state index is 12.5. The van der Waals surface area contributed by atoms with Crippen molar-refractivity contribution in [3.8, 4) is 5.75 Å². The lowest BCUT2D eigenvalue weighted by molar-refractivity contribution is -0.119. The molecule has 0 spiro atoms. The molecule has 120 valence electrons. The number of Topliss-reactive ketones (excluding diaryl/α,β-unsaturated/α-hetero) is 1. The van der Waals surface area contributed by atoms with Crippen LogP contribution in [0.25, 0.3) is 0 Å². The van der Waals surface area contributed by atoms with Crippen LogP contribution in [0.4, 0.5) is 0 Å². The van der Waals surface area contributed by atoms with Crippen molar-refractivity contribution in [1.29, 1.82) is 0 Å². The molecule has 0 unspecified atom stereocenters. The number of amides is 1. The minimum atomic E-state index is -0.313. The normalized spacial score (nSPS) is 16.4. The summed E-state index contributed by atoms with van der Waals surface area (Å²) < 4.78 is 5.52. The summed E-state index contributed by atoms with van der Waals surface area (Å²) in [6, 6.07) is 7.38. The number of nitrogens with two attached hydrogens (primary N) is 1. The Hall–Kier alpha value is -1.88. The average Bonchev–Trinajstić information content (AvgIpc) is 2.53. The summed E-state index contributed by atoms with van der Waals surface area (Å²) >= 11 is 0. The van der Waals surface area contributed by atoms with E-state index in [1.165, 1.54) is 0 Å².